The second-order valence-electron chi connectivity index (χ2n) is 3.16. The van der Waals surface area contributed by atoms with E-state index in [1.807, 2.05) is 13.0 Å². The van der Waals surface area contributed by atoms with Crippen molar-refractivity contribution in [2.75, 3.05) is 0 Å². The Labute approximate surface area is 75.8 Å². The zero-order chi connectivity index (χ0) is 9.42. The van der Waals surface area contributed by atoms with Gasteiger partial charge in [0.25, 0.3) is 0 Å². The molecular formula is C10H11NO2. The summed E-state index contributed by atoms with van der Waals surface area (Å²) in [6.07, 6.45) is 0. The highest BCUT2D eigenvalue weighted by molar-refractivity contribution is 5.79. The lowest BCUT2D eigenvalue weighted by Gasteiger charge is -1.96. The van der Waals surface area contributed by atoms with Gasteiger partial charge in [-0.1, -0.05) is 0 Å². The fraction of sp³-hybridized carbons (Fsp3) is 0.200. The van der Waals surface area contributed by atoms with Gasteiger partial charge in [0.15, 0.2) is 0 Å². The summed E-state index contributed by atoms with van der Waals surface area (Å²) in [7, 11) is 0. The number of phenols is 1. The first kappa shape index (κ1) is 8.13. The molecule has 0 bridgehead atoms. The van der Waals surface area contributed by atoms with Gasteiger partial charge in [-0.15, -0.1) is 0 Å². The van der Waals surface area contributed by atoms with E-state index in [1.54, 1.807) is 18.2 Å². The van der Waals surface area contributed by atoms with Gasteiger partial charge in [0, 0.05) is 5.39 Å². The molecule has 68 valence electrons. The van der Waals surface area contributed by atoms with Crippen LogP contribution in [-0.2, 0) is 0 Å². The summed E-state index contributed by atoms with van der Waals surface area (Å²) in [5, 5.41) is 10.1. The van der Waals surface area contributed by atoms with E-state index in [1.165, 1.54) is 0 Å². The van der Waals surface area contributed by atoms with E-state index in [0.717, 1.165) is 16.7 Å². The van der Waals surface area contributed by atoms with Crippen LogP contribution in [0, 0.1) is 0 Å². The van der Waals surface area contributed by atoms with Gasteiger partial charge in [0.2, 0.25) is 0 Å². The molecule has 1 heterocycles. The Morgan fingerprint density at radius 1 is 1.38 bits per heavy atom. The number of benzene rings is 1. The number of furan rings is 1. The molecular weight excluding hydrogens is 166 g/mol. The van der Waals surface area contributed by atoms with Crippen LogP contribution in [0.1, 0.15) is 18.7 Å². The van der Waals surface area contributed by atoms with Crippen molar-refractivity contribution in [1.29, 1.82) is 0 Å². The summed E-state index contributed by atoms with van der Waals surface area (Å²) in [6, 6.07) is 6.71. The molecule has 1 aromatic carbocycles. The maximum Gasteiger partial charge on any atom is 0.134 e. The van der Waals surface area contributed by atoms with Crippen LogP contribution >= 0.6 is 0 Å². The van der Waals surface area contributed by atoms with Crippen LogP contribution in [0.4, 0.5) is 0 Å². The van der Waals surface area contributed by atoms with Crippen molar-refractivity contribution < 1.29 is 9.52 Å². The Morgan fingerprint density at radius 3 is 2.85 bits per heavy atom. The number of fused-ring (bicyclic) bond motifs is 1. The van der Waals surface area contributed by atoms with E-state index in [0.29, 0.717) is 0 Å². The fourth-order valence-corrected chi connectivity index (χ4v) is 1.28. The van der Waals surface area contributed by atoms with Crippen LogP contribution in [0.5, 0.6) is 5.75 Å². The van der Waals surface area contributed by atoms with Crippen molar-refractivity contribution in [2.24, 2.45) is 5.73 Å². The van der Waals surface area contributed by atoms with Gasteiger partial charge in [0.05, 0.1) is 6.04 Å². The molecule has 0 aliphatic carbocycles. The molecule has 0 radical (unpaired) electrons. The van der Waals surface area contributed by atoms with Gasteiger partial charge in [-0.25, -0.2) is 0 Å². The van der Waals surface area contributed by atoms with E-state index in [9.17, 15) is 5.11 Å². The van der Waals surface area contributed by atoms with Gasteiger partial charge in [0.1, 0.15) is 17.1 Å². The molecule has 0 amide bonds. The van der Waals surface area contributed by atoms with Crippen molar-refractivity contribution in [3.8, 4) is 5.75 Å². The minimum atomic E-state index is -0.116. The lowest BCUT2D eigenvalue weighted by Crippen LogP contribution is -2.02. The standard InChI is InChI=1S/C10H11NO2/c1-6(11)10-5-7-4-8(12)2-3-9(7)13-10/h2-6,12H,11H2,1H3. The predicted molar refractivity (Wildman–Crippen MR) is 50.5 cm³/mol. The van der Waals surface area contributed by atoms with E-state index >= 15 is 0 Å². The molecule has 0 saturated carbocycles. The van der Waals surface area contributed by atoms with Crippen molar-refractivity contribution in [2.45, 2.75) is 13.0 Å². The van der Waals surface area contributed by atoms with E-state index in [-0.39, 0.29) is 11.8 Å². The highest BCUT2D eigenvalue weighted by Gasteiger charge is 2.07. The zero-order valence-electron chi connectivity index (χ0n) is 7.32. The minimum Gasteiger partial charge on any atom is -0.508 e. The first-order valence-electron chi connectivity index (χ1n) is 4.15. The first-order chi connectivity index (χ1) is 6.16. The van der Waals surface area contributed by atoms with E-state index in [4.69, 9.17) is 10.2 Å². The fourth-order valence-electron chi connectivity index (χ4n) is 1.28. The molecule has 0 aliphatic rings. The summed E-state index contributed by atoms with van der Waals surface area (Å²) in [4.78, 5) is 0. The van der Waals surface area contributed by atoms with Crippen LogP contribution in [-0.4, -0.2) is 5.11 Å². The number of hydrogen-bond acceptors (Lipinski definition) is 3. The third kappa shape index (κ3) is 1.38. The van der Waals surface area contributed by atoms with E-state index < -0.39 is 0 Å². The highest BCUT2D eigenvalue weighted by atomic mass is 16.3. The van der Waals surface area contributed by atoms with Gasteiger partial charge in [-0.05, 0) is 31.2 Å². The smallest absolute Gasteiger partial charge is 0.134 e. The van der Waals surface area contributed by atoms with Crippen LogP contribution in [0.2, 0.25) is 0 Å². The quantitative estimate of drug-likeness (QED) is 0.701. The normalized spacial score (nSPS) is 13.4. The second-order valence-corrected chi connectivity index (χ2v) is 3.16. The van der Waals surface area contributed by atoms with Gasteiger partial charge in [-0.3, -0.25) is 0 Å². The summed E-state index contributed by atoms with van der Waals surface area (Å²) < 4.78 is 5.45. The molecule has 1 atom stereocenters. The molecule has 0 fully saturated rings. The average Bonchev–Trinajstić information content (AvgIpc) is 2.46. The number of nitrogens with two attached hydrogens (primary N) is 1. The third-order valence-corrected chi connectivity index (χ3v) is 1.97. The molecule has 0 saturated heterocycles. The Bertz CT molecular complexity index is 431. The number of aromatic hydroxyl groups is 1. The Kier molecular flexibility index (Phi) is 1.74. The molecule has 0 spiro atoms. The van der Waals surface area contributed by atoms with Gasteiger partial charge >= 0.3 is 0 Å². The second kappa shape index (κ2) is 2.78. The van der Waals surface area contributed by atoms with Crippen LogP contribution in [0.15, 0.2) is 28.7 Å². The molecule has 2 rings (SSSR count). The Balaban J connectivity index is 2.62. The highest BCUT2D eigenvalue weighted by Crippen LogP contribution is 2.25. The summed E-state index contributed by atoms with van der Waals surface area (Å²) >= 11 is 0. The van der Waals surface area contributed by atoms with Crippen molar-refractivity contribution in [3.05, 3.63) is 30.0 Å². The molecule has 1 unspecified atom stereocenters. The van der Waals surface area contributed by atoms with Crippen LogP contribution in [0.3, 0.4) is 0 Å². The monoisotopic (exact) mass is 177 g/mol. The van der Waals surface area contributed by atoms with Crippen LogP contribution in [0.25, 0.3) is 11.0 Å². The Morgan fingerprint density at radius 2 is 2.15 bits per heavy atom. The largest absolute Gasteiger partial charge is 0.508 e. The molecule has 13 heavy (non-hydrogen) atoms. The van der Waals surface area contributed by atoms with E-state index in [2.05, 4.69) is 0 Å². The Hall–Kier alpha value is -1.48. The van der Waals surface area contributed by atoms with Gasteiger partial charge in [-0.2, -0.15) is 0 Å². The molecule has 3 heteroatoms. The first-order valence-corrected chi connectivity index (χ1v) is 4.15. The molecule has 1 aromatic heterocycles. The maximum absolute atomic E-state index is 9.21. The molecule has 3 N–H and O–H groups in total. The number of hydrogen-bond donors (Lipinski definition) is 2. The minimum absolute atomic E-state index is 0.116. The lowest BCUT2D eigenvalue weighted by atomic mass is 10.2. The predicted octanol–water partition coefficient (Wildman–Crippen LogP) is 2.16. The average molecular weight is 177 g/mol. The zero-order valence-corrected chi connectivity index (χ0v) is 7.32. The number of phenolic OH excluding ortho intramolecular Hbond substituents is 1. The molecule has 0 aliphatic heterocycles. The van der Waals surface area contributed by atoms with Crippen molar-refractivity contribution in [3.63, 3.8) is 0 Å². The lowest BCUT2D eigenvalue weighted by molar-refractivity contribution is 0.475. The summed E-state index contributed by atoms with van der Waals surface area (Å²) in [5.41, 5.74) is 6.41. The molecule has 2 aromatic rings. The van der Waals surface area contributed by atoms with Gasteiger partial charge < -0.3 is 15.3 Å². The third-order valence-electron chi connectivity index (χ3n) is 1.97. The summed E-state index contributed by atoms with van der Waals surface area (Å²) in [5.74, 6) is 0.977. The SMILES string of the molecule is CC(N)c1cc2cc(O)ccc2o1. The van der Waals surface area contributed by atoms with Crippen LogP contribution < -0.4 is 5.73 Å². The maximum atomic E-state index is 9.21. The van der Waals surface area contributed by atoms with Crippen molar-refractivity contribution in [1.82, 2.24) is 0 Å². The number of rotatable bonds is 1. The van der Waals surface area contributed by atoms with Crippen molar-refractivity contribution >= 4 is 11.0 Å². The molecule has 3 nitrogen and oxygen atoms in total. The topological polar surface area (TPSA) is 59.4 Å². The summed E-state index contributed by atoms with van der Waals surface area (Å²) in [6.45, 7) is 1.86.